The summed E-state index contributed by atoms with van der Waals surface area (Å²) in [5, 5.41) is 5.55. The van der Waals surface area contributed by atoms with Gasteiger partial charge in [0.15, 0.2) is 4.96 Å². The highest BCUT2D eigenvalue weighted by molar-refractivity contribution is 7.15. The van der Waals surface area contributed by atoms with Crippen molar-refractivity contribution in [2.24, 2.45) is 0 Å². The molecule has 3 heterocycles. The monoisotopic (exact) mass is 425 g/mol. The lowest BCUT2D eigenvalue weighted by Gasteiger charge is -2.17. The molecule has 0 radical (unpaired) electrons. The zero-order valence-corrected chi connectivity index (χ0v) is 17.7. The molecule has 0 aliphatic rings. The highest BCUT2D eigenvalue weighted by atomic mass is 35.5. The molecule has 0 atom stereocenters. The van der Waals surface area contributed by atoms with Gasteiger partial charge in [0.1, 0.15) is 5.82 Å². The molecule has 0 saturated heterocycles. The van der Waals surface area contributed by atoms with Crippen molar-refractivity contribution in [1.29, 1.82) is 0 Å². The third-order valence-corrected chi connectivity index (χ3v) is 5.48. The molecule has 29 heavy (non-hydrogen) atoms. The van der Waals surface area contributed by atoms with Crippen LogP contribution in [0.3, 0.4) is 0 Å². The minimum atomic E-state index is -0.107. The normalized spacial score (nSPS) is 11.3. The number of likely N-dealkylation sites (N-methyl/N-ethyl adjacent to an activating group) is 1. The SMILES string of the molecule is Cc1cccc(NC(=O)CN(C)Cc2c(-c3ccc(Cl)cc3)nc3sccn23)n1. The molecule has 0 saturated carbocycles. The number of nitrogens with one attached hydrogen (secondary N) is 1. The van der Waals surface area contributed by atoms with Crippen LogP contribution in [0.1, 0.15) is 11.4 Å². The fraction of sp³-hybridized carbons (Fsp3) is 0.190. The first-order valence-electron chi connectivity index (χ1n) is 9.12. The summed E-state index contributed by atoms with van der Waals surface area (Å²) >= 11 is 7.62. The summed E-state index contributed by atoms with van der Waals surface area (Å²) in [6, 6.07) is 13.2. The second-order valence-electron chi connectivity index (χ2n) is 6.85. The largest absolute Gasteiger partial charge is 0.310 e. The predicted octanol–water partition coefficient (Wildman–Crippen LogP) is 4.49. The number of aryl methyl sites for hydroxylation is 1. The fourth-order valence-corrected chi connectivity index (χ4v) is 4.03. The van der Waals surface area contributed by atoms with E-state index in [9.17, 15) is 4.79 Å². The van der Waals surface area contributed by atoms with Crippen LogP contribution in [0.15, 0.2) is 54.0 Å². The van der Waals surface area contributed by atoms with Crippen LogP contribution in [-0.4, -0.2) is 38.8 Å². The molecular formula is C21H20ClN5OS. The van der Waals surface area contributed by atoms with E-state index in [1.54, 1.807) is 17.4 Å². The number of benzene rings is 1. The maximum Gasteiger partial charge on any atom is 0.239 e. The van der Waals surface area contributed by atoms with Crippen molar-refractivity contribution in [2.75, 3.05) is 18.9 Å². The van der Waals surface area contributed by atoms with Crippen LogP contribution < -0.4 is 5.32 Å². The summed E-state index contributed by atoms with van der Waals surface area (Å²) in [6.45, 7) is 2.71. The standard InChI is InChI=1S/C21H20ClN5OS/c1-14-4-3-5-18(23-14)24-19(28)13-26(2)12-17-20(15-6-8-16(22)9-7-15)25-21-27(17)10-11-29-21/h3-11H,12-13H2,1-2H3,(H,23,24,28). The van der Waals surface area contributed by atoms with Crippen LogP contribution in [0.25, 0.3) is 16.2 Å². The number of aromatic nitrogens is 3. The number of hydrogen-bond acceptors (Lipinski definition) is 5. The van der Waals surface area contributed by atoms with Crippen LogP contribution in [0, 0.1) is 6.92 Å². The van der Waals surface area contributed by atoms with Crippen LogP contribution in [0.4, 0.5) is 5.82 Å². The second kappa shape index (κ2) is 8.32. The average molecular weight is 426 g/mol. The highest BCUT2D eigenvalue weighted by Crippen LogP contribution is 2.28. The zero-order chi connectivity index (χ0) is 20.4. The molecule has 8 heteroatoms. The molecule has 148 valence electrons. The Balaban J connectivity index is 1.52. The van der Waals surface area contributed by atoms with Crippen molar-refractivity contribution in [3.05, 3.63) is 70.5 Å². The van der Waals surface area contributed by atoms with Gasteiger partial charge in [-0.3, -0.25) is 14.1 Å². The topological polar surface area (TPSA) is 62.5 Å². The van der Waals surface area contributed by atoms with Gasteiger partial charge in [-0.2, -0.15) is 0 Å². The lowest BCUT2D eigenvalue weighted by atomic mass is 10.1. The van der Waals surface area contributed by atoms with Gasteiger partial charge >= 0.3 is 0 Å². The van der Waals surface area contributed by atoms with E-state index in [2.05, 4.69) is 14.7 Å². The first kappa shape index (κ1) is 19.6. The molecule has 3 aromatic heterocycles. The predicted molar refractivity (Wildman–Crippen MR) is 117 cm³/mol. The van der Waals surface area contributed by atoms with Gasteiger partial charge in [-0.15, -0.1) is 11.3 Å². The third-order valence-electron chi connectivity index (χ3n) is 4.47. The van der Waals surface area contributed by atoms with E-state index in [4.69, 9.17) is 16.6 Å². The van der Waals surface area contributed by atoms with Crippen molar-refractivity contribution in [1.82, 2.24) is 19.3 Å². The van der Waals surface area contributed by atoms with Crippen LogP contribution in [0.2, 0.25) is 5.02 Å². The number of carbonyl (C=O) groups excluding carboxylic acids is 1. The molecule has 4 rings (SSSR count). The molecule has 0 fully saturated rings. The summed E-state index contributed by atoms with van der Waals surface area (Å²) in [5.41, 5.74) is 3.80. The summed E-state index contributed by atoms with van der Waals surface area (Å²) in [7, 11) is 1.92. The summed E-state index contributed by atoms with van der Waals surface area (Å²) in [5.74, 6) is 0.458. The molecule has 0 spiro atoms. The van der Waals surface area contributed by atoms with Crippen molar-refractivity contribution >= 4 is 39.6 Å². The molecule has 0 bridgehead atoms. The van der Waals surface area contributed by atoms with E-state index in [1.807, 2.05) is 66.8 Å². The fourth-order valence-electron chi connectivity index (χ4n) is 3.17. The molecule has 1 aromatic carbocycles. The Hall–Kier alpha value is -2.74. The maximum absolute atomic E-state index is 12.4. The van der Waals surface area contributed by atoms with Gasteiger partial charge in [-0.25, -0.2) is 9.97 Å². The van der Waals surface area contributed by atoms with Crippen molar-refractivity contribution in [2.45, 2.75) is 13.5 Å². The first-order chi connectivity index (χ1) is 14.0. The Labute approximate surface area is 177 Å². The number of thiazole rings is 1. The molecule has 4 aromatic rings. The first-order valence-corrected chi connectivity index (χ1v) is 10.4. The third kappa shape index (κ3) is 4.48. The molecular weight excluding hydrogens is 406 g/mol. The Kier molecular flexibility index (Phi) is 5.62. The molecule has 0 aliphatic heterocycles. The van der Waals surface area contributed by atoms with Gasteiger partial charge in [-0.1, -0.05) is 29.8 Å². The number of anilines is 1. The van der Waals surface area contributed by atoms with Crippen molar-refractivity contribution in [3.8, 4) is 11.3 Å². The minimum Gasteiger partial charge on any atom is -0.310 e. The van der Waals surface area contributed by atoms with E-state index in [1.165, 1.54) is 0 Å². The van der Waals surface area contributed by atoms with Gasteiger partial charge < -0.3 is 5.32 Å². The van der Waals surface area contributed by atoms with E-state index in [0.717, 1.165) is 27.6 Å². The van der Waals surface area contributed by atoms with Gasteiger partial charge in [0, 0.05) is 34.4 Å². The van der Waals surface area contributed by atoms with Crippen LogP contribution in [0.5, 0.6) is 0 Å². The number of hydrogen-bond donors (Lipinski definition) is 1. The van der Waals surface area contributed by atoms with E-state index in [-0.39, 0.29) is 12.5 Å². The van der Waals surface area contributed by atoms with Crippen LogP contribution in [-0.2, 0) is 11.3 Å². The van der Waals surface area contributed by atoms with Crippen LogP contribution >= 0.6 is 22.9 Å². The second-order valence-corrected chi connectivity index (χ2v) is 8.16. The summed E-state index contributed by atoms with van der Waals surface area (Å²) in [6.07, 6.45) is 2.01. The Bertz CT molecular complexity index is 1150. The Morgan fingerprint density at radius 1 is 1.21 bits per heavy atom. The van der Waals surface area contributed by atoms with Gasteiger partial charge in [0.25, 0.3) is 0 Å². The van der Waals surface area contributed by atoms with E-state index >= 15 is 0 Å². The minimum absolute atomic E-state index is 0.107. The number of carbonyl (C=O) groups is 1. The number of amides is 1. The number of imidazole rings is 1. The van der Waals surface area contributed by atoms with E-state index < -0.39 is 0 Å². The molecule has 1 amide bonds. The number of pyridine rings is 1. The highest BCUT2D eigenvalue weighted by Gasteiger charge is 2.18. The number of halogens is 1. The number of rotatable bonds is 6. The molecule has 1 N–H and O–H groups in total. The molecule has 6 nitrogen and oxygen atoms in total. The lowest BCUT2D eigenvalue weighted by Crippen LogP contribution is -2.30. The number of fused-ring (bicyclic) bond motifs is 1. The Morgan fingerprint density at radius 2 is 2.00 bits per heavy atom. The maximum atomic E-state index is 12.4. The quantitative estimate of drug-likeness (QED) is 0.494. The number of nitrogens with zero attached hydrogens (tertiary/aromatic N) is 4. The van der Waals surface area contributed by atoms with Gasteiger partial charge in [0.05, 0.1) is 17.9 Å². The van der Waals surface area contributed by atoms with Gasteiger partial charge in [0.2, 0.25) is 5.91 Å². The summed E-state index contributed by atoms with van der Waals surface area (Å²) in [4.78, 5) is 24.4. The van der Waals surface area contributed by atoms with Gasteiger partial charge in [-0.05, 0) is 38.2 Å². The smallest absolute Gasteiger partial charge is 0.239 e. The molecule has 0 unspecified atom stereocenters. The molecule has 0 aliphatic carbocycles. The lowest BCUT2D eigenvalue weighted by molar-refractivity contribution is -0.117. The Morgan fingerprint density at radius 3 is 2.76 bits per heavy atom. The summed E-state index contributed by atoms with van der Waals surface area (Å²) < 4.78 is 2.07. The zero-order valence-electron chi connectivity index (χ0n) is 16.1. The van der Waals surface area contributed by atoms with Crippen molar-refractivity contribution < 1.29 is 4.79 Å². The van der Waals surface area contributed by atoms with E-state index in [0.29, 0.717) is 17.4 Å². The van der Waals surface area contributed by atoms with Crippen molar-refractivity contribution in [3.63, 3.8) is 0 Å². The average Bonchev–Trinajstić information content (AvgIpc) is 3.25.